The first-order valence-corrected chi connectivity index (χ1v) is 3.96. The van der Waals surface area contributed by atoms with Gasteiger partial charge in [-0.3, -0.25) is 4.79 Å². The minimum absolute atomic E-state index is 0.167. The summed E-state index contributed by atoms with van der Waals surface area (Å²) >= 11 is 0. The second kappa shape index (κ2) is 3.15. The monoisotopic (exact) mass is 141 g/mol. The highest BCUT2D eigenvalue weighted by Gasteiger charge is 2.23. The van der Waals surface area contributed by atoms with Crippen molar-refractivity contribution in [2.45, 2.75) is 32.7 Å². The molecule has 0 unspecified atom stereocenters. The van der Waals surface area contributed by atoms with Crippen molar-refractivity contribution in [2.24, 2.45) is 5.92 Å². The van der Waals surface area contributed by atoms with Gasteiger partial charge in [0.2, 0.25) is 0 Å². The molecule has 1 aliphatic heterocycles. The van der Waals surface area contributed by atoms with E-state index in [2.05, 4.69) is 19.2 Å². The van der Waals surface area contributed by atoms with E-state index in [4.69, 9.17) is 0 Å². The summed E-state index contributed by atoms with van der Waals surface area (Å²) in [5, 5.41) is 3.19. The second-order valence-electron chi connectivity index (χ2n) is 3.35. The van der Waals surface area contributed by atoms with Gasteiger partial charge >= 0.3 is 0 Å². The Balaban J connectivity index is 2.33. The van der Waals surface area contributed by atoms with E-state index in [-0.39, 0.29) is 6.04 Å². The summed E-state index contributed by atoms with van der Waals surface area (Å²) in [5.74, 6) is 1.02. The van der Waals surface area contributed by atoms with Gasteiger partial charge in [0, 0.05) is 13.0 Å². The molecule has 10 heavy (non-hydrogen) atoms. The molecule has 0 spiro atoms. The number of rotatable bonds is 2. The molecule has 1 aliphatic rings. The molecule has 0 bridgehead atoms. The standard InChI is InChI=1S/C8H15NO/c1-6(2)5-7-8(10)3-4-9-7/h6-7,9H,3-5H2,1-2H3/t7-/m1/s1. The number of Topliss-reactive ketones (excluding diaryl/α,β-unsaturated/α-hetero) is 1. The van der Waals surface area contributed by atoms with Gasteiger partial charge in [-0.15, -0.1) is 0 Å². The predicted molar refractivity (Wildman–Crippen MR) is 40.9 cm³/mol. The van der Waals surface area contributed by atoms with Crippen molar-refractivity contribution in [1.29, 1.82) is 0 Å². The van der Waals surface area contributed by atoms with Crippen molar-refractivity contribution in [1.82, 2.24) is 5.32 Å². The van der Waals surface area contributed by atoms with E-state index in [0.717, 1.165) is 19.4 Å². The first kappa shape index (κ1) is 7.73. The first-order valence-electron chi connectivity index (χ1n) is 3.96. The summed E-state index contributed by atoms with van der Waals surface area (Å²) in [5.41, 5.74) is 0. The molecule has 2 heteroatoms. The van der Waals surface area contributed by atoms with Gasteiger partial charge in [-0.25, -0.2) is 0 Å². The lowest BCUT2D eigenvalue weighted by atomic mass is 10.0. The molecule has 0 radical (unpaired) electrons. The van der Waals surface area contributed by atoms with E-state index in [9.17, 15) is 4.79 Å². The van der Waals surface area contributed by atoms with Crippen molar-refractivity contribution in [3.63, 3.8) is 0 Å². The molecule has 1 atom stereocenters. The van der Waals surface area contributed by atoms with Gasteiger partial charge in [0.05, 0.1) is 6.04 Å². The average molecular weight is 141 g/mol. The van der Waals surface area contributed by atoms with E-state index >= 15 is 0 Å². The summed E-state index contributed by atoms with van der Waals surface area (Å²) in [6, 6.07) is 0.167. The zero-order valence-corrected chi connectivity index (χ0v) is 6.68. The van der Waals surface area contributed by atoms with Crippen LogP contribution in [-0.4, -0.2) is 18.4 Å². The van der Waals surface area contributed by atoms with Crippen molar-refractivity contribution in [3.8, 4) is 0 Å². The van der Waals surface area contributed by atoms with Crippen LogP contribution < -0.4 is 5.32 Å². The molecular formula is C8H15NO. The van der Waals surface area contributed by atoms with Crippen molar-refractivity contribution in [3.05, 3.63) is 0 Å². The van der Waals surface area contributed by atoms with E-state index in [1.807, 2.05) is 0 Å². The number of carbonyl (C=O) groups excluding carboxylic acids is 1. The number of nitrogens with one attached hydrogen (secondary N) is 1. The van der Waals surface area contributed by atoms with Crippen LogP contribution in [0.1, 0.15) is 26.7 Å². The lowest BCUT2D eigenvalue weighted by Crippen LogP contribution is -2.28. The molecule has 0 amide bonds. The highest BCUT2D eigenvalue weighted by molar-refractivity contribution is 5.86. The fourth-order valence-electron chi connectivity index (χ4n) is 1.34. The normalized spacial score (nSPS) is 26.3. The Bertz CT molecular complexity index is 131. The van der Waals surface area contributed by atoms with Crippen LogP contribution in [-0.2, 0) is 4.79 Å². The van der Waals surface area contributed by atoms with Crippen LogP contribution in [0, 0.1) is 5.92 Å². The summed E-state index contributed by atoms with van der Waals surface area (Å²) in [7, 11) is 0. The number of carbonyl (C=O) groups is 1. The average Bonchev–Trinajstić information content (AvgIpc) is 2.15. The molecule has 0 saturated carbocycles. The summed E-state index contributed by atoms with van der Waals surface area (Å²) in [4.78, 5) is 11.0. The van der Waals surface area contributed by atoms with Crippen LogP contribution in [0.5, 0.6) is 0 Å². The Labute approximate surface area is 62.0 Å². The largest absolute Gasteiger partial charge is 0.307 e. The maximum absolute atomic E-state index is 11.0. The Morgan fingerprint density at radius 1 is 1.70 bits per heavy atom. The molecule has 0 aliphatic carbocycles. The van der Waals surface area contributed by atoms with E-state index in [1.54, 1.807) is 0 Å². The smallest absolute Gasteiger partial charge is 0.151 e. The molecule has 1 saturated heterocycles. The zero-order chi connectivity index (χ0) is 7.56. The third-order valence-electron chi connectivity index (χ3n) is 1.86. The second-order valence-corrected chi connectivity index (χ2v) is 3.35. The van der Waals surface area contributed by atoms with Crippen LogP contribution in [0.4, 0.5) is 0 Å². The molecule has 0 aromatic carbocycles. The zero-order valence-electron chi connectivity index (χ0n) is 6.68. The van der Waals surface area contributed by atoms with Crippen LogP contribution in [0.2, 0.25) is 0 Å². The summed E-state index contributed by atoms with van der Waals surface area (Å²) in [6.45, 7) is 5.18. The number of hydrogen-bond donors (Lipinski definition) is 1. The topological polar surface area (TPSA) is 29.1 Å². The van der Waals surface area contributed by atoms with Gasteiger partial charge in [0.25, 0.3) is 0 Å². The molecule has 1 fully saturated rings. The lowest BCUT2D eigenvalue weighted by molar-refractivity contribution is -0.118. The molecular weight excluding hydrogens is 126 g/mol. The Morgan fingerprint density at radius 3 is 2.80 bits per heavy atom. The maximum atomic E-state index is 11.0. The van der Waals surface area contributed by atoms with E-state index < -0.39 is 0 Å². The van der Waals surface area contributed by atoms with Crippen molar-refractivity contribution >= 4 is 5.78 Å². The van der Waals surface area contributed by atoms with Gasteiger partial charge in [-0.2, -0.15) is 0 Å². The molecule has 1 rings (SSSR count). The predicted octanol–water partition coefficient (Wildman–Crippen LogP) is 0.964. The van der Waals surface area contributed by atoms with E-state index in [0.29, 0.717) is 11.7 Å². The maximum Gasteiger partial charge on any atom is 0.151 e. The van der Waals surface area contributed by atoms with E-state index in [1.165, 1.54) is 0 Å². The molecule has 0 aromatic rings. The first-order chi connectivity index (χ1) is 4.70. The van der Waals surface area contributed by atoms with Crippen LogP contribution >= 0.6 is 0 Å². The SMILES string of the molecule is CC(C)C[C@H]1NCCC1=O. The van der Waals surface area contributed by atoms with Gasteiger partial charge in [-0.1, -0.05) is 13.8 Å². The molecule has 2 nitrogen and oxygen atoms in total. The molecule has 1 N–H and O–H groups in total. The van der Waals surface area contributed by atoms with Crippen LogP contribution in [0.3, 0.4) is 0 Å². The lowest BCUT2D eigenvalue weighted by Gasteiger charge is -2.10. The Morgan fingerprint density at radius 2 is 2.40 bits per heavy atom. The van der Waals surface area contributed by atoms with Crippen molar-refractivity contribution in [2.75, 3.05) is 6.54 Å². The van der Waals surface area contributed by atoms with Crippen LogP contribution in [0.25, 0.3) is 0 Å². The van der Waals surface area contributed by atoms with Gasteiger partial charge in [0.15, 0.2) is 5.78 Å². The highest BCUT2D eigenvalue weighted by atomic mass is 16.1. The highest BCUT2D eigenvalue weighted by Crippen LogP contribution is 2.10. The molecule has 1 heterocycles. The fourth-order valence-corrected chi connectivity index (χ4v) is 1.34. The Hall–Kier alpha value is -0.370. The summed E-state index contributed by atoms with van der Waals surface area (Å²) < 4.78 is 0. The molecule has 0 aromatic heterocycles. The number of hydrogen-bond acceptors (Lipinski definition) is 2. The quantitative estimate of drug-likeness (QED) is 0.620. The number of ketones is 1. The van der Waals surface area contributed by atoms with Crippen LogP contribution in [0.15, 0.2) is 0 Å². The van der Waals surface area contributed by atoms with Gasteiger partial charge in [-0.05, 0) is 12.3 Å². The third-order valence-corrected chi connectivity index (χ3v) is 1.86. The fraction of sp³-hybridized carbons (Fsp3) is 0.875. The van der Waals surface area contributed by atoms with Gasteiger partial charge < -0.3 is 5.32 Å². The summed E-state index contributed by atoms with van der Waals surface area (Å²) in [6.07, 6.45) is 1.73. The Kier molecular flexibility index (Phi) is 2.44. The minimum atomic E-state index is 0.167. The third kappa shape index (κ3) is 1.81. The minimum Gasteiger partial charge on any atom is -0.307 e. The van der Waals surface area contributed by atoms with Gasteiger partial charge in [0.1, 0.15) is 0 Å². The van der Waals surface area contributed by atoms with Crippen molar-refractivity contribution < 1.29 is 4.79 Å². The molecule has 58 valence electrons.